The van der Waals surface area contributed by atoms with Crippen LogP contribution < -0.4 is 5.32 Å². The molecule has 0 saturated heterocycles. The fourth-order valence-electron chi connectivity index (χ4n) is 1.82. The standard InChI is InChI=1S/C13H18N4O/c1-17(2)9-5-8-14-13(18)12-10-6-3-4-7-11(10)15-16-12/h3-4,6-7H,5,8-9H2,1-2H3,(H,14,18)(H,15,16). The molecule has 0 aliphatic carbocycles. The van der Waals surface area contributed by atoms with Crippen molar-refractivity contribution in [3.63, 3.8) is 0 Å². The van der Waals surface area contributed by atoms with Gasteiger partial charge >= 0.3 is 0 Å². The second-order valence-electron chi connectivity index (χ2n) is 4.53. The van der Waals surface area contributed by atoms with Gasteiger partial charge in [-0.2, -0.15) is 5.10 Å². The number of carbonyl (C=O) groups excluding carboxylic acids is 1. The van der Waals surface area contributed by atoms with Gasteiger partial charge in [0.15, 0.2) is 5.69 Å². The molecule has 0 radical (unpaired) electrons. The van der Waals surface area contributed by atoms with Crippen LogP contribution in [0.5, 0.6) is 0 Å². The van der Waals surface area contributed by atoms with Gasteiger partial charge in [0, 0.05) is 11.9 Å². The molecule has 0 aliphatic rings. The summed E-state index contributed by atoms with van der Waals surface area (Å²) in [6.45, 7) is 1.62. The normalized spacial score (nSPS) is 11.1. The minimum absolute atomic E-state index is 0.119. The average Bonchev–Trinajstić information content (AvgIpc) is 2.78. The van der Waals surface area contributed by atoms with Gasteiger partial charge in [-0.1, -0.05) is 18.2 Å². The molecule has 96 valence electrons. The number of hydrogen-bond acceptors (Lipinski definition) is 3. The van der Waals surface area contributed by atoms with Crippen LogP contribution in [0.4, 0.5) is 0 Å². The Labute approximate surface area is 106 Å². The molecule has 0 bridgehead atoms. The molecular formula is C13H18N4O. The SMILES string of the molecule is CN(C)CCCNC(=O)c1n[nH]c2ccccc12. The Kier molecular flexibility index (Phi) is 3.94. The summed E-state index contributed by atoms with van der Waals surface area (Å²) in [6, 6.07) is 7.62. The summed E-state index contributed by atoms with van der Waals surface area (Å²) in [4.78, 5) is 14.1. The largest absolute Gasteiger partial charge is 0.351 e. The van der Waals surface area contributed by atoms with Crippen LogP contribution in [0.2, 0.25) is 0 Å². The zero-order chi connectivity index (χ0) is 13.0. The van der Waals surface area contributed by atoms with Crippen LogP contribution in [0, 0.1) is 0 Å². The van der Waals surface area contributed by atoms with E-state index in [1.54, 1.807) is 0 Å². The fraction of sp³-hybridized carbons (Fsp3) is 0.385. The van der Waals surface area contributed by atoms with E-state index in [1.807, 2.05) is 38.4 Å². The molecule has 1 aromatic heterocycles. The van der Waals surface area contributed by atoms with Crippen LogP contribution >= 0.6 is 0 Å². The average molecular weight is 246 g/mol. The van der Waals surface area contributed by atoms with Gasteiger partial charge in [0.05, 0.1) is 5.52 Å². The van der Waals surface area contributed by atoms with Crippen LogP contribution in [-0.2, 0) is 0 Å². The van der Waals surface area contributed by atoms with E-state index in [1.165, 1.54) is 0 Å². The lowest BCUT2D eigenvalue weighted by Crippen LogP contribution is -2.27. The van der Waals surface area contributed by atoms with Crippen molar-refractivity contribution >= 4 is 16.8 Å². The highest BCUT2D eigenvalue weighted by atomic mass is 16.1. The quantitative estimate of drug-likeness (QED) is 0.780. The minimum Gasteiger partial charge on any atom is -0.351 e. The number of carbonyl (C=O) groups is 1. The van der Waals surface area contributed by atoms with Crippen molar-refractivity contribution in [2.24, 2.45) is 0 Å². The summed E-state index contributed by atoms with van der Waals surface area (Å²) in [5, 5.41) is 10.7. The molecule has 0 spiro atoms. The molecule has 0 unspecified atom stereocenters. The molecule has 0 fully saturated rings. The molecule has 1 heterocycles. The van der Waals surface area contributed by atoms with Gasteiger partial charge in [-0.05, 0) is 33.1 Å². The van der Waals surface area contributed by atoms with E-state index in [4.69, 9.17) is 0 Å². The maximum absolute atomic E-state index is 12.0. The summed E-state index contributed by atoms with van der Waals surface area (Å²) >= 11 is 0. The Bertz CT molecular complexity index is 533. The zero-order valence-corrected chi connectivity index (χ0v) is 10.7. The van der Waals surface area contributed by atoms with Crippen molar-refractivity contribution in [3.8, 4) is 0 Å². The van der Waals surface area contributed by atoms with Gasteiger partial charge in [-0.3, -0.25) is 9.89 Å². The monoisotopic (exact) mass is 246 g/mol. The van der Waals surface area contributed by atoms with Gasteiger partial charge in [0.2, 0.25) is 0 Å². The smallest absolute Gasteiger partial charge is 0.272 e. The minimum atomic E-state index is -0.119. The first-order valence-corrected chi connectivity index (χ1v) is 6.04. The summed E-state index contributed by atoms with van der Waals surface area (Å²) in [6.07, 6.45) is 0.932. The maximum atomic E-state index is 12.0. The Hall–Kier alpha value is -1.88. The van der Waals surface area contributed by atoms with Crippen molar-refractivity contribution in [1.29, 1.82) is 0 Å². The van der Waals surface area contributed by atoms with E-state index < -0.39 is 0 Å². The number of H-pyrrole nitrogens is 1. The maximum Gasteiger partial charge on any atom is 0.272 e. The van der Waals surface area contributed by atoms with E-state index in [2.05, 4.69) is 20.4 Å². The van der Waals surface area contributed by atoms with Gasteiger partial charge < -0.3 is 10.2 Å². The first kappa shape index (κ1) is 12.6. The summed E-state index contributed by atoms with van der Waals surface area (Å²) in [7, 11) is 4.03. The molecule has 2 N–H and O–H groups in total. The highest BCUT2D eigenvalue weighted by Gasteiger charge is 2.12. The topological polar surface area (TPSA) is 61.0 Å². The highest BCUT2D eigenvalue weighted by molar-refractivity contribution is 6.04. The van der Waals surface area contributed by atoms with Crippen molar-refractivity contribution in [1.82, 2.24) is 20.4 Å². The molecule has 5 nitrogen and oxygen atoms in total. The van der Waals surface area contributed by atoms with Crippen LogP contribution in [0.3, 0.4) is 0 Å². The lowest BCUT2D eigenvalue weighted by atomic mass is 10.2. The van der Waals surface area contributed by atoms with E-state index in [0.29, 0.717) is 12.2 Å². The van der Waals surface area contributed by atoms with E-state index >= 15 is 0 Å². The predicted molar refractivity (Wildman–Crippen MR) is 71.6 cm³/mol. The van der Waals surface area contributed by atoms with E-state index in [0.717, 1.165) is 23.9 Å². The fourth-order valence-corrected chi connectivity index (χ4v) is 1.82. The Morgan fingerprint density at radius 2 is 2.17 bits per heavy atom. The number of rotatable bonds is 5. The number of benzene rings is 1. The second kappa shape index (κ2) is 5.64. The number of nitrogens with zero attached hydrogens (tertiary/aromatic N) is 2. The first-order valence-electron chi connectivity index (χ1n) is 6.04. The van der Waals surface area contributed by atoms with Crippen molar-refractivity contribution in [3.05, 3.63) is 30.0 Å². The number of hydrogen-bond donors (Lipinski definition) is 2. The molecule has 5 heteroatoms. The lowest BCUT2D eigenvalue weighted by molar-refractivity contribution is 0.0949. The van der Waals surface area contributed by atoms with Gasteiger partial charge in [0.25, 0.3) is 5.91 Å². The van der Waals surface area contributed by atoms with Crippen LogP contribution in [0.25, 0.3) is 10.9 Å². The third kappa shape index (κ3) is 2.87. The number of aromatic nitrogens is 2. The molecule has 1 amide bonds. The third-order valence-corrected chi connectivity index (χ3v) is 2.75. The summed E-state index contributed by atoms with van der Waals surface area (Å²) in [5.41, 5.74) is 1.35. The number of aromatic amines is 1. The number of nitrogens with one attached hydrogen (secondary N) is 2. The highest BCUT2D eigenvalue weighted by Crippen LogP contribution is 2.14. The molecule has 18 heavy (non-hydrogen) atoms. The molecule has 0 atom stereocenters. The van der Waals surface area contributed by atoms with Crippen molar-refractivity contribution in [2.45, 2.75) is 6.42 Å². The number of amides is 1. The van der Waals surface area contributed by atoms with Gasteiger partial charge in [-0.25, -0.2) is 0 Å². The number of fused-ring (bicyclic) bond motifs is 1. The predicted octanol–water partition coefficient (Wildman–Crippen LogP) is 1.24. The third-order valence-electron chi connectivity index (χ3n) is 2.75. The Balaban J connectivity index is 1.97. The molecule has 0 saturated carbocycles. The molecule has 1 aromatic carbocycles. The van der Waals surface area contributed by atoms with Crippen LogP contribution in [0.1, 0.15) is 16.9 Å². The Morgan fingerprint density at radius 3 is 2.94 bits per heavy atom. The molecule has 2 aromatic rings. The number of para-hydroxylation sites is 1. The van der Waals surface area contributed by atoms with Gasteiger partial charge in [-0.15, -0.1) is 0 Å². The van der Waals surface area contributed by atoms with E-state index in [9.17, 15) is 4.79 Å². The molecule has 0 aliphatic heterocycles. The molecular weight excluding hydrogens is 228 g/mol. The summed E-state index contributed by atoms with van der Waals surface area (Å²) in [5.74, 6) is -0.119. The first-order chi connectivity index (χ1) is 8.68. The van der Waals surface area contributed by atoms with E-state index in [-0.39, 0.29) is 5.91 Å². The van der Waals surface area contributed by atoms with Crippen LogP contribution in [0.15, 0.2) is 24.3 Å². The Morgan fingerprint density at radius 1 is 1.39 bits per heavy atom. The molecule has 2 rings (SSSR count). The van der Waals surface area contributed by atoms with Gasteiger partial charge in [0.1, 0.15) is 0 Å². The van der Waals surface area contributed by atoms with Crippen molar-refractivity contribution < 1.29 is 4.79 Å². The second-order valence-corrected chi connectivity index (χ2v) is 4.53. The van der Waals surface area contributed by atoms with Crippen molar-refractivity contribution in [2.75, 3.05) is 27.2 Å². The summed E-state index contributed by atoms with van der Waals surface area (Å²) < 4.78 is 0. The van der Waals surface area contributed by atoms with Crippen LogP contribution in [-0.4, -0.2) is 48.2 Å². The lowest BCUT2D eigenvalue weighted by Gasteiger charge is -2.09. The zero-order valence-electron chi connectivity index (χ0n) is 10.7.